The topological polar surface area (TPSA) is 55.4 Å². The number of nitrogens with one attached hydrogen (secondary N) is 1. The van der Waals surface area contributed by atoms with Gasteiger partial charge in [0.1, 0.15) is 0 Å². The minimum absolute atomic E-state index is 0.0248. The van der Waals surface area contributed by atoms with Gasteiger partial charge >= 0.3 is 0 Å². The Morgan fingerprint density at radius 2 is 2.40 bits per heavy atom. The van der Waals surface area contributed by atoms with Gasteiger partial charge in [0.05, 0.1) is 17.6 Å². The third-order valence-electron chi connectivity index (χ3n) is 2.10. The normalized spacial score (nSPS) is 20.5. The lowest BCUT2D eigenvalue weighted by Crippen LogP contribution is -2.28. The average molecular weight is 249 g/mol. The SMILES string of the molecule is CC[C@H](C)OC(=S)NC1=CCS(=O)(=O)C1. The van der Waals surface area contributed by atoms with Crippen LogP contribution in [0.15, 0.2) is 11.8 Å². The van der Waals surface area contributed by atoms with Gasteiger partial charge in [0.25, 0.3) is 5.17 Å². The van der Waals surface area contributed by atoms with Crippen LogP contribution in [0.4, 0.5) is 0 Å². The molecule has 4 nitrogen and oxygen atoms in total. The molecule has 1 atom stereocenters. The van der Waals surface area contributed by atoms with E-state index in [9.17, 15) is 8.42 Å². The lowest BCUT2D eigenvalue weighted by Gasteiger charge is -2.14. The maximum atomic E-state index is 11.1. The van der Waals surface area contributed by atoms with E-state index in [1.165, 1.54) is 0 Å². The van der Waals surface area contributed by atoms with Crippen LogP contribution < -0.4 is 5.32 Å². The zero-order valence-corrected chi connectivity index (χ0v) is 10.5. The molecule has 0 aromatic rings. The van der Waals surface area contributed by atoms with Gasteiger partial charge in [-0.1, -0.05) is 6.92 Å². The van der Waals surface area contributed by atoms with Crippen LogP contribution in [-0.2, 0) is 14.6 Å². The molecular weight excluding hydrogens is 234 g/mol. The first kappa shape index (κ1) is 12.4. The molecule has 0 unspecified atom stereocenters. The summed E-state index contributed by atoms with van der Waals surface area (Å²) in [6.45, 7) is 3.90. The minimum Gasteiger partial charge on any atom is -0.468 e. The van der Waals surface area contributed by atoms with E-state index in [-0.39, 0.29) is 22.8 Å². The van der Waals surface area contributed by atoms with Crippen molar-refractivity contribution in [3.63, 3.8) is 0 Å². The summed E-state index contributed by atoms with van der Waals surface area (Å²) in [5, 5.41) is 3.03. The molecule has 0 bridgehead atoms. The number of rotatable bonds is 3. The number of sulfone groups is 1. The molecule has 0 amide bonds. The van der Waals surface area contributed by atoms with Gasteiger partial charge in [-0.15, -0.1) is 0 Å². The van der Waals surface area contributed by atoms with E-state index in [1.54, 1.807) is 6.08 Å². The van der Waals surface area contributed by atoms with Gasteiger partial charge in [0.15, 0.2) is 9.84 Å². The Bertz CT molecular complexity index is 373. The van der Waals surface area contributed by atoms with Crippen LogP contribution in [0.5, 0.6) is 0 Å². The first-order valence-corrected chi connectivity index (χ1v) is 7.03. The zero-order chi connectivity index (χ0) is 11.5. The molecular formula is C9H15NO3S2. The largest absolute Gasteiger partial charge is 0.468 e. The predicted octanol–water partition coefficient (Wildman–Crippen LogP) is 0.988. The van der Waals surface area contributed by atoms with Gasteiger partial charge < -0.3 is 10.1 Å². The van der Waals surface area contributed by atoms with E-state index in [1.807, 2.05) is 13.8 Å². The number of thiocarbonyl (C=S) groups is 1. The molecule has 1 aliphatic rings. The highest BCUT2D eigenvalue weighted by molar-refractivity contribution is 7.92. The maximum Gasteiger partial charge on any atom is 0.261 e. The van der Waals surface area contributed by atoms with Crippen molar-refractivity contribution in [2.45, 2.75) is 26.4 Å². The fourth-order valence-corrected chi connectivity index (χ4v) is 2.63. The summed E-state index contributed by atoms with van der Waals surface area (Å²) in [5.41, 5.74) is 0.614. The Balaban J connectivity index is 2.41. The van der Waals surface area contributed by atoms with Gasteiger partial charge in [0, 0.05) is 5.70 Å². The molecule has 1 rings (SSSR count). The van der Waals surface area contributed by atoms with Gasteiger partial charge in [-0.3, -0.25) is 0 Å². The highest BCUT2D eigenvalue weighted by atomic mass is 32.2. The molecule has 1 N–H and O–H groups in total. The average Bonchev–Trinajstić information content (AvgIpc) is 2.44. The van der Waals surface area contributed by atoms with E-state index < -0.39 is 9.84 Å². The Morgan fingerprint density at radius 3 is 2.87 bits per heavy atom. The molecule has 15 heavy (non-hydrogen) atoms. The van der Waals surface area contributed by atoms with Crippen molar-refractivity contribution in [3.8, 4) is 0 Å². The van der Waals surface area contributed by atoms with E-state index in [2.05, 4.69) is 5.32 Å². The van der Waals surface area contributed by atoms with Gasteiger partial charge in [0.2, 0.25) is 0 Å². The lowest BCUT2D eigenvalue weighted by molar-refractivity contribution is 0.202. The van der Waals surface area contributed by atoms with Crippen LogP contribution >= 0.6 is 12.2 Å². The van der Waals surface area contributed by atoms with Crippen LogP contribution in [0, 0.1) is 0 Å². The van der Waals surface area contributed by atoms with Crippen LogP contribution in [0.25, 0.3) is 0 Å². The summed E-state index contributed by atoms with van der Waals surface area (Å²) >= 11 is 4.94. The minimum atomic E-state index is -2.95. The van der Waals surface area contributed by atoms with E-state index in [0.29, 0.717) is 5.70 Å². The van der Waals surface area contributed by atoms with Crippen LogP contribution in [0.1, 0.15) is 20.3 Å². The number of ether oxygens (including phenoxy) is 1. The quantitative estimate of drug-likeness (QED) is 0.756. The molecule has 0 aromatic heterocycles. The number of hydrogen-bond donors (Lipinski definition) is 1. The molecule has 6 heteroatoms. The van der Waals surface area contributed by atoms with Crippen molar-refractivity contribution in [1.82, 2.24) is 5.32 Å². The number of hydrogen-bond acceptors (Lipinski definition) is 4. The zero-order valence-electron chi connectivity index (χ0n) is 8.82. The summed E-state index contributed by atoms with van der Waals surface area (Å²) < 4.78 is 27.6. The summed E-state index contributed by atoms with van der Waals surface area (Å²) in [7, 11) is -2.95. The third-order valence-corrected chi connectivity index (χ3v) is 3.73. The smallest absolute Gasteiger partial charge is 0.261 e. The van der Waals surface area contributed by atoms with E-state index in [4.69, 9.17) is 17.0 Å². The van der Waals surface area contributed by atoms with Crippen molar-refractivity contribution < 1.29 is 13.2 Å². The van der Waals surface area contributed by atoms with Crippen LogP contribution in [0.2, 0.25) is 0 Å². The summed E-state index contributed by atoms with van der Waals surface area (Å²) in [5.74, 6) is 0.109. The second kappa shape index (κ2) is 4.94. The summed E-state index contributed by atoms with van der Waals surface area (Å²) in [4.78, 5) is 0. The summed E-state index contributed by atoms with van der Waals surface area (Å²) in [6.07, 6.45) is 2.53. The Morgan fingerprint density at radius 1 is 1.73 bits per heavy atom. The highest BCUT2D eigenvalue weighted by Gasteiger charge is 2.20. The van der Waals surface area contributed by atoms with E-state index in [0.717, 1.165) is 6.42 Å². The Hall–Kier alpha value is -0.620. The highest BCUT2D eigenvalue weighted by Crippen LogP contribution is 2.09. The second-order valence-corrected chi connectivity index (χ2v) is 6.01. The van der Waals surface area contributed by atoms with Gasteiger partial charge in [-0.05, 0) is 31.6 Å². The van der Waals surface area contributed by atoms with Crippen molar-refractivity contribution in [2.75, 3.05) is 11.5 Å². The Labute approximate surface area is 95.6 Å². The van der Waals surface area contributed by atoms with Crippen molar-refractivity contribution in [3.05, 3.63) is 11.8 Å². The molecule has 0 aliphatic carbocycles. The van der Waals surface area contributed by atoms with Crippen molar-refractivity contribution in [2.24, 2.45) is 0 Å². The predicted molar refractivity (Wildman–Crippen MR) is 63.3 cm³/mol. The van der Waals surface area contributed by atoms with Gasteiger partial charge in [-0.25, -0.2) is 8.42 Å². The Kier molecular flexibility index (Phi) is 4.10. The molecule has 0 saturated carbocycles. The molecule has 0 aromatic carbocycles. The molecule has 1 aliphatic heterocycles. The molecule has 0 radical (unpaired) electrons. The fourth-order valence-electron chi connectivity index (χ4n) is 1.10. The molecule has 0 fully saturated rings. The standard InChI is InChI=1S/C9H15NO3S2/c1-3-7(2)13-9(14)10-8-4-5-15(11,12)6-8/h4,7H,3,5-6H2,1-2H3,(H,10,14)/t7-/m0/s1. The molecule has 0 saturated heterocycles. The molecule has 0 spiro atoms. The lowest BCUT2D eigenvalue weighted by atomic mass is 10.3. The fraction of sp³-hybridized carbons (Fsp3) is 0.667. The van der Waals surface area contributed by atoms with Crippen LogP contribution in [0.3, 0.4) is 0 Å². The van der Waals surface area contributed by atoms with E-state index >= 15 is 0 Å². The molecule has 1 heterocycles. The maximum absolute atomic E-state index is 11.1. The van der Waals surface area contributed by atoms with Crippen molar-refractivity contribution >= 4 is 27.2 Å². The van der Waals surface area contributed by atoms with Crippen LogP contribution in [-0.4, -0.2) is 31.2 Å². The van der Waals surface area contributed by atoms with Gasteiger partial charge in [-0.2, -0.15) is 0 Å². The monoisotopic (exact) mass is 249 g/mol. The second-order valence-electron chi connectivity index (χ2n) is 3.53. The first-order chi connectivity index (χ1) is 6.93. The first-order valence-electron chi connectivity index (χ1n) is 4.80. The molecule has 86 valence electrons. The van der Waals surface area contributed by atoms with Crippen molar-refractivity contribution in [1.29, 1.82) is 0 Å². The summed E-state index contributed by atoms with van der Waals surface area (Å²) in [6, 6.07) is 0. The third kappa shape index (κ3) is 4.17.